The second-order valence-electron chi connectivity index (χ2n) is 6.27. The van der Waals surface area contributed by atoms with E-state index >= 15 is 0 Å². The summed E-state index contributed by atoms with van der Waals surface area (Å²) >= 11 is 0. The highest BCUT2D eigenvalue weighted by molar-refractivity contribution is 6.08. The van der Waals surface area contributed by atoms with Crippen molar-refractivity contribution in [3.63, 3.8) is 0 Å². The zero-order chi connectivity index (χ0) is 16.6. The number of fused-ring (bicyclic) bond motifs is 2. The molecular formula is C24H16N+. The number of nitrogens with one attached hydrogen (secondary N) is 1. The second-order valence-corrected chi connectivity index (χ2v) is 6.27. The first-order valence-electron chi connectivity index (χ1n) is 8.46. The summed E-state index contributed by atoms with van der Waals surface area (Å²) < 4.78 is 0. The maximum atomic E-state index is 3.66. The minimum atomic E-state index is 1.16. The van der Waals surface area contributed by atoms with Crippen LogP contribution < -0.4 is 0 Å². The fourth-order valence-corrected chi connectivity index (χ4v) is 3.56. The Morgan fingerprint density at radius 3 is 2.32 bits per heavy atom. The predicted octanol–water partition coefficient (Wildman–Crippen LogP) is 6.30. The molecule has 0 bridgehead atoms. The highest BCUT2D eigenvalue weighted by Gasteiger charge is 2.19. The first-order chi connectivity index (χ1) is 12.4. The Morgan fingerprint density at radius 2 is 1.56 bits per heavy atom. The molecule has 116 valence electrons. The van der Waals surface area contributed by atoms with Gasteiger partial charge >= 0.3 is 0 Å². The number of rotatable bonds is 2. The molecule has 1 nitrogen and oxygen atoms in total. The summed E-state index contributed by atoms with van der Waals surface area (Å²) in [5.41, 5.74) is 5.99. The van der Waals surface area contributed by atoms with E-state index in [2.05, 4.69) is 89.9 Å². The molecule has 1 aliphatic carbocycles. The minimum absolute atomic E-state index is 1.16. The summed E-state index contributed by atoms with van der Waals surface area (Å²) in [5.74, 6) is 0. The Labute approximate surface area is 146 Å². The molecule has 4 aromatic rings. The lowest BCUT2D eigenvalue weighted by Gasteiger charge is -2.05. The fraction of sp³-hybridized carbons (Fsp3) is 0. The molecule has 1 N–H and O–H groups in total. The van der Waals surface area contributed by atoms with E-state index in [-0.39, 0.29) is 0 Å². The summed E-state index contributed by atoms with van der Waals surface area (Å²) in [6.45, 7) is 0. The van der Waals surface area contributed by atoms with Crippen molar-refractivity contribution >= 4 is 27.2 Å². The van der Waals surface area contributed by atoms with Gasteiger partial charge in [0.25, 0.3) is 0 Å². The minimum Gasteiger partial charge on any atom is -0.352 e. The molecule has 1 heteroatoms. The van der Waals surface area contributed by atoms with E-state index < -0.39 is 0 Å². The molecule has 1 aromatic heterocycles. The standard InChI is InChI=1S/C24H16N/c1-3-9-17(10-4-1)23-21-15-19-13-7-8-14-20(19)16-22(21)25-24(23)18-11-5-2-6-12-18/h1,3-16,25H/q+1. The van der Waals surface area contributed by atoms with Gasteiger partial charge in [-0.2, -0.15) is 0 Å². The fourth-order valence-electron chi connectivity index (χ4n) is 3.56. The van der Waals surface area contributed by atoms with E-state index in [0.717, 1.165) is 5.69 Å². The number of aromatic nitrogens is 1. The molecule has 0 atom stereocenters. The van der Waals surface area contributed by atoms with Crippen LogP contribution in [0.2, 0.25) is 0 Å². The molecule has 0 unspecified atom stereocenters. The molecule has 0 spiro atoms. The van der Waals surface area contributed by atoms with Crippen molar-refractivity contribution in [1.82, 2.24) is 4.98 Å². The lowest BCUT2D eigenvalue weighted by atomic mass is 9.96. The van der Waals surface area contributed by atoms with E-state index in [4.69, 9.17) is 0 Å². The largest absolute Gasteiger partial charge is 0.352 e. The molecule has 5 rings (SSSR count). The molecule has 0 saturated carbocycles. The Balaban J connectivity index is 1.89. The lowest BCUT2D eigenvalue weighted by Crippen LogP contribution is -1.87. The summed E-state index contributed by atoms with van der Waals surface area (Å²) in [4.78, 5) is 3.66. The molecule has 1 heterocycles. The molecule has 0 aliphatic heterocycles. The first-order valence-corrected chi connectivity index (χ1v) is 8.46. The van der Waals surface area contributed by atoms with Gasteiger partial charge in [-0.15, -0.1) is 0 Å². The van der Waals surface area contributed by atoms with Crippen LogP contribution in [0.3, 0.4) is 0 Å². The third-order valence-electron chi connectivity index (χ3n) is 4.73. The van der Waals surface area contributed by atoms with Gasteiger partial charge in [0, 0.05) is 22.5 Å². The molecular weight excluding hydrogens is 302 g/mol. The molecule has 25 heavy (non-hydrogen) atoms. The highest BCUT2D eigenvalue weighted by atomic mass is 14.7. The average molecular weight is 318 g/mol. The number of allylic oxidation sites excluding steroid dienone is 6. The monoisotopic (exact) mass is 318 g/mol. The second kappa shape index (κ2) is 5.59. The molecule has 0 radical (unpaired) electrons. The van der Waals surface area contributed by atoms with E-state index in [0.29, 0.717) is 0 Å². The van der Waals surface area contributed by atoms with Gasteiger partial charge in [0.05, 0.1) is 17.8 Å². The van der Waals surface area contributed by atoms with Gasteiger partial charge in [0.1, 0.15) is 17.7 Å². The van der Waals surface area contributed by atoms with Crippen molar-refractivity contribution in [2.45, 2.75) is 0 Å². The number of hydrogen-bond acceptors (Lipinski definition) is 0. The van der Waals surface area contributed by atoms with Crippen molar-refractivity contribution in [3.05, 3.63) is 103 Å². The normalized spacial score (nSPS) is 13.2. The number of aromatic amines is 1. The summed E-state index contributed by atoms with van der Waals surface area (Å²) in [6, 6.07) is 23.7. The van der Waals surface area contributed by atoms with Crippen LogP contribution in [0.4, 0.5) is 0 Å². The molecule has 1 aliphatic rings. The van der Waals surface area contributed by atoms with Crippen LogP contribution in [-0.4, -0.2) is 4.98 Å². The summed E-state index contributed by atoms with van der Waals surface area (Å²) in [6.07, 6.45) is 11.3. The van der Waals surface area contributed by atoms with Crippen molar-refractivity contribution in [3.8, 4) is 11.1 Å². The lowest BCUT2D eigenvalue weighted by molar-refractivity contribution is 1.40. The van der Waals surface area contributed by atoms with Crippen molar-refractivity contribution in [2.24, 2.45) is 0 Å². The molecule has 0 fully saturated rings. The van der Waals surface area contributed by atoms with Gasteiger partial charge in [-0.3, -0.25) is 0 Å². The predicted molar refractivity (Wildman–Crippen MR) is 106 cm³/mol. The van der Waals surface area contributed by atoms with Crippen LogP contribution in [0.1, 0.15) is 5.69 Å². The Morgan fingerprint density at radius 1 is 0.800 bits per heavy atom. The third-order valence-corrected chi connectivity index (χ3v) is 4.73. The number of H-pyrrole nitrogens is 1. The molecule has 3 aromatic carbocycles. The topological polar surface area (TPSA) is 15.8 Å². The Hall–Kier alpha value is -3.41. The van der Waals surface area contributed by atoms with Gasteiger partial charge in [0.15, 0.2) is 0 Å². The van der Waals surface area contributed by atoms with E-state index in [1.807, 2.05) is 12.2 Å². The van der Waals surface area contributed by atoms with Gasteiger partial charge in [-0.05, 0) is 28.5 Å². The van der Waals surface area contributed by atoms with Crippen molar-refractivity contribution in [2.75, 3.05) is 0 Å². The highest BCUT2D eigenvalue weighted by Crippen LogP contribution is 2.38. The van der Waals surface area contributed by atoms with Crippen LogP contribution in [0.5, 0.6) is 0 Å². The quantitative estimate of drug-likeness (QED) is 0.417. The third kappa shape index (κ3) is 2.30. The van der Waals surface area contributed by atoms with E-state index in [9.17, 15) is 0 Å². The first kappa shape index (κ1) is 14.0. The Bertz CT molecular complexity index is 1170. The smallest absolute Gasteiger partial charge is 0.109 e. The SMILES string of the molecule is [C+]1=CC=C(c2[nH]c3cc4ccccc4cc3c2-c2ccccc2)C=C1. The van der Waals surface area contributed by atoms with Crippen LogP contribution in [0, 0.1) is 6.08 Å². The van der Waals surface area contributed by atoms with Crippen molar-refractivity contribution in [1.29, 1.82) is 0 Å². The van der Waals surface area contributed by atoms with Crippen LogP contribution in [-0.2, 0) is 0 Å². The zero-order valence-corrected chi connectivity index (χ0v) is 13.7. The number of benzene rings is 3. The molecule has 0 amide bonds. The van der Waals surface area contributed by atoms with Gasteiger partial charge in [0.2, 0.25) is 0 Å². The number of hydrogen-bond donors (Lipinski definition) is 1. The van der Waals surface area contributed by atoms with Gasteiger partial charge in [-0.1, -0.05) is 54.6 Å². The van der Waals surface area contributed by atoms with Gasteiger partial charge < -0.3 is 4.98 Å². The average Bonchev–Trinajstić information content (AvgIpc) is 3.06. The van der Waals surface area contributed by atoms with E-state index in [1.54, 1.807) is 0 Å². The Kier molecular flexibility index (Phi) is 3.13. The maximum absolute atomic E-state index is 3.66. The van der Waals surface area contributed by atoms with Crippen LogP contribution >= 0.6 is 0 Å². The van der Waals surface area contributed by atoms with Gasteiger partial charge in [-0.25, -0.2) is 0 Å². The summed E-state index contributed by atoms with van der Waals surface area (Å²) in [5, 5.41) is 3.77. The maximum Gasteiger partial charge on any atom is 0.109 e. The van der Waals surface area contributed by atoms with Crippen LogP contribution in [0.15, 0.2) is 91.0 Å². The van der Waals surface area contributed by atoms with Crippen LogP contribution in [0.25, 0.3) is 38.4 Å². The molecule has 0 saturated heterocycles. The summed E-state index contributed by atoms with van der Waals surface area (Å²) in [7, 11) is 0. The van der Waals surface area contributed by atoms with Crippen molar-refractivity contribution < 1.29 is 0 Å². The zero-order valence-electron chi connectivity index (χ0n) is 13.7. The van der Waals surface area contributed by atoms with E-state index in [1.165, 1.54) is 38.4 Å².